The van der Waals surface area contributed by atoms with Gasteiger partial charge < -0.3 is 15.9 Å². The van der Waals surface area contributed by atoms with Gasteiger partial charge in [-0.05, 0) is 68.8 Å². The van der Waals surface area contributed by atoms with Gasteiger partial charge in [0.05, 0.1) is 19.3 Å². The maximum atomic E-state index is 9.91. The molecule has 0 aliphatic heterocycles. The van der Waals surface area contributed by atoms with Crippen LogP contribution in [0.1, 0.15) is 25.5 Å². The Morgan fingerprint density at radius 1 is 1.19 bits per heavy atom. The van der Waals surface area contributed by atoms with Crippen molar-refractivity contribution in [2.24, 2.45) is 11.7 Å². The van der Waals surface area contributed by atoms with Crippen LogP contribution in [0, 0.1) is 13.1 Å². The van der Waals surface area contributed by atoms with E-state index in [4.69, 9.17) is 5.73 Å². The maximum absolute atomic E-state index is 9.91. The quantitative estimate of drug-likeness (QED) is 0.625. The monoisotopic (exact) mass is 447 g/mol. The van der Waals surface area contributed by atoms with Gasteiger partial charge in [-0.15, -0.1) is 0 Å². The molecule has 0 saturated heterocycles. The molecular weight excluding hydrogens is 432 g/mol. The highest BCUT2D eigenvalue weighted by molar-refractivity contribution is 14.1. The normalized spacial score (nSPS) is 15.2. The second kappa shape index (κ2) is 5.83. The Kier molecular flexibility index (Phi) is 5.27. The topological polar surface area (TPSA) is 66.5 Å². The van der Waals surface area contributed by atoms with Crippen molar-refractivity contribution >= 4 is 45.2 Å². The highest BCUT2D eigenvalue weighted by atomic mass is 127. The molecule has 5 heteroatoms. The van der Waals surface area contributed by atoms with Crippen LogP contribution in [0.25, 0.3) is 0 Å². The zero-order valence-corrected chi connectivity index (χ0v) is 13.4. The molecule has 0 aliphatic carbocycles. The number of nitrogens with two attached hydrogens (primary N) is 1. The summed E-state index contributed by atoms with van der Waals surface area (Å²) in [4.78, 5) is 0. The van der Waals surface area contributed by atoms with Crippen molar-refractivity contribution in [3.8, 4) is 5.75 Å². The SMILES string of the molecule is CC(C)[C@H](O)[C@H](N)c1cc(I)c(O)c(I)c1. The first-order valence-corrected chi connectivity index (χ1v) is 7.12. The van der Waals surface area contributed by atoms with E-state index in [1.165, 1.54) is 0 Å². The molecule has 0 bridgehead atoms. The van der Waals surface area contributed by atoms with Gasteiger partial charge in [-0.25, -0.2) is 0 Å². The van der Waals surface area contributed by atoms with Crippen LogP contribution in [0.2, 0.25) is 0 Å². The Balaban J connectivity index is 3.05. The number of aromatic hydroxyl groups is 1. The fraction of sp³-hybridized carbons (Fsp3) is 0.455. The predicted molar refractivity (Wildman–Crippen MR) is 81.3 cm³/mol. The molecule has 1 rings (SSSR count). The van der Waals surface area contributed by atoms with Crippen molar-refractivity contribution in [2.45, 2.75) is 26.0 Å². The Morgan fingerprint density at radius 2 is 1.62 bits per heavy atom. The van der Waals surface area contributed by atoms with E-state index in [1.54, 1.807) is 0 Å². The lowest BCUT2D eigenvalue weighted by Crippen LogP contribution is -2.30. The molecule has 3 nitrogen and oxygen atoms in total. The Morgan fingerprint density at radius 3 is 2.00 bits per heavy atom. The van der Waals surface area contributed by atoms with E-state index in [0.717, 1.165) is 12.7 Å². The first-order chi connectivity index (χ1) is 7.34. The third-order valence-corrected chi connectivity index (χ3v) is 4.12. The number of phenolic OH excluding ortho intramolecular Hbond substituents is 1. The minimum absolute atomic E-state index is 0.110. The van der Waals surface area contributed by atoms with E-state index in [1.807, 2.05) is 26.0 Å². The Labute approximate surface area is 123 Å². The first-order valence-electron chi connectivity index (χ1n) is 4.96. The molecule has 0 amide bonds. The lowest BCUT2D eigenvalue weighted by molar-refractivity contribution is 0.0979. The number of phenols is 1. The zero-order chi connectivity index (χ0) is 12.5. The summed E-state index contributed by atoms with van der Waals surface area (Å²) in [5.41, 5.74) is 6.84. The maximum Gasteiger partial charge on any atom is 0.142 e. The Hall–Kier alpha value is 0.400. The van der Waals surface area contributed by atoms with Gasteiger partial charge in [0.2, 0.25) is 0 Å². The molecule has 1 aromatic carbocycles. The minimum Gasteiger partial charge on any atom is -0.506 e. The number of halogens is 2. The van der Waals surface area contributed by atoms with E-state index in [9.17, 15) is 10.2 Å². The predicted octanol–water partition coefficient (Wildman–Crippen LogP) is 2.62. The molecule has 0 heterocycles. The molecular formula is C11H15I2NO2. The summed E-state index contributed by atoms with van der Waals surface area (Å²) in [6.45, 7) is 3.86. The van der Waals surface area contributed by atoms with Crippen LogP contribution < -0.4 is 5.73 Å². The molecule has 0 saturated carbocycles. The number of hydrogen-bond donors (Lipinski definition) is 3. The molecule has 1 aromatic rings. The van der Waals surface area contributed by atoms with Crippen LogP contribution in [0.4, 0.5) is 0 Å². The van der Waals surface area contributed by atoms with Crippen molar-refractivity contribution in [3.05, 3.63) is 24.8 Å². The van der Waals surface area contributed by atoms with Crippen LogP contribution in [0.3, 0.4) is 0 Å². The van der Waals surface area contributed by atoms with Crippen LogP contribution in [0.5, 0.6) is 5.75 Å². The van der Waals surface area contributed by atoms with Crippen molar-refractivity contribution in [3.63, 3.8) is 0 Å². The standard InChI is InChI=1S/C11H15I2NO2/c1-5(2)10(15)9(14)6-3-7(12)11(16)8(13)4-6/h3-5,9-10,15-16H,14H2,1-2H3/t9-,10+/m1/s1. The zero-order valence-electron chi connectivity index (χ0n) is 9.11. The summed E-state index contributed by atoms with van der Waals surface area (Å²) in [5.74, 6) is 0.385. The molecule has 0 unspecified atom stereocenters. The first kappa shape index (κ1) is 14.5. The Bertz CT molecular complexity index is 359. The van der Waals surface area contributed by atoms with Gasteiger partial charge in [-0.2, -0.15) is 0 Å². The van der Waals surface area contributed by atoms with Gasteiger partial charge >= 0.3 is 0 Å². The lowest BCUT2D eigenvalue weighted by atomic mass is 9.94. The van der Waals surface area contributed by atoms with Gasteiger partial charge in [0.15, 0.2) is 0 Å². The van der Waals surface area contributed by atoms with Gasteiger partial charge in [-0.3, -0.25) is 0 Å². The number of benzene rings is 1. The molecule has 0 fully saturated rings. The number of rotatable bonds is 3. The van der Waals surface area contributed by atoms with Crippen LogP contribution >= 0.6 is 45.2 Å². The average Bonchev–Trinajstić information content (AvgIpc) is 2.22. The van der Waals surface area contributed by atoms with Crippen molar-refractivity contribution < 1.29 is 10.2 Å². The minimum atomic E-state index is -0.573. The molecule has 0 spiro atoms. The molecule has 4 N–H and O–H groups in total. The van der Waals surface area contributed by atoms with E-state index in [-0.39, 0.29) is 11.7 Å². The number of hydrogen-bond acceptors (Lipinski definition) is 3. The van der Waals surface area contributed by atoms with Crippen LogP contribution in [-0.4, -0.2) is 16.3 Å². The molecule has 2 atom stereocenters. The van der Waals surface area contributed by atoms with Gasteiger partial charge in [0, 0.05) is 0 Å². The van der Waals surface area contributed by atoms with Crippen molar-refractivity contribution in [2.75, 3.05) is 0 Å². The van der Waals surface area contributed by atoms with E-state index < -0.39 is 12.1 Å². The average molecular weight is 447 g/mol. The van der Waals surface area contributed by atoms with E-state index in [2.05, 4.69) is 45.2 Å². The van der Waals surface area contributed by atoms with Gasteiger partial charge in [0.25, 0.3) is 0 Å². The number of aliphatic hydroxyl groups is 1. The molecule has 0 aliphatic rings. The van der Waals surface area contributed by atoms with Gasteiger partial charge in [0.1, 0.15) is 5.75 Å². The second-order valence-electron chi connectivity index (χ2n) is 4.09. The van der Waals surface area contributed by atoms with Crippen LogP contribution in [-0.2, 0) is 0 Å². The molecule has 0 aromatic heterocycles. The lowest BCUT2D eigenvalue weighted by Gasteiger charge is -2.23. The highest BCUT2D eigenvalue weighted by Crippen LogP contribution is 2.30. The van der Waals surface area contributed by atoms with Crippen molar-refractivity contribution in [1.29, 1.82) is 0 Å². The third kappa shape index (κ3) is 3.21. The van der Waals surface area contributed by atoms with E-state index >= 15 is 0 Å². The fourth-order valence-electron chi connectivity index (χ4n) is 1.39. The summed E-state index contributed by atoms with van der Waals surface area (Å²) < 4.78 is 1.51. The molecule has 90 valence electrons. The van der Waals surface area contributed by atoms with Crippen LogP contribution in [0.15, 0.2) is 12.1 Å². The summed E-state index contributed by atoms with van der Waals surface area (Å²) in [5, 5.41) is 19.5. The third-order valence-electron chi connectivity index (χ3n) is 2.48. The summed E-state index contributed by atoms with van der Waals surface area (Å²) in [7, 11) is 0. The second-order valence-corrected chi connectivity index (χ2v) is 6.42. The van der Waals surface area contributed by atoms with Gasteiger partial charge in [-0.1, -0.05) is 13.8 Å². The molecule has 16 heavy (non-hydrogen) atoms. The van der Waals surface area contributed by atoms with Crippen molar-refractivity contribution in [1.82, 2.24) is 0 Å². The highest BCUT2D eigenvalue weighted by Gasteiger charge is 2.21. The molecule has 0 radical (unpaired) electrons. The summed E-state index contributed by atoms with van der Waals surface area (Å²) >= 11 is 4.12. The number of aliphatic hydroxyl groups excluding tert-OH is 1. The summed E-state index contributed by atoms with van der Waals surface area (Å²) in [6, 6.07) is 3.21. The largest absolute Gasteiger partial charge is 0.506 e. The van der Waals surface area contributed by atoms with E-state index in [0.29, 0.717) is 0 Å². The fourth-order valence-corrected chi connectivity index (χ4v) is 3.21. The summed E-state index contributed by atoms with van der Waals surface area (Å²) in [6.07, 6.45) is -0.573. The smallest absolute Gasteiger partial charge is 0.142 e.